The molecular formula is C23H27N5O5S. The van der Waals surface area contributed by atoms with E-state index in [1.54, 1.807) is 19.4 Å². The van der Waals surface area contributed by atoms with Gasteiger partial charge < -0.3 is 29.0 Å². The summed E-state index contributed by atoms with van der Waals surface area (Å²) in [4.78, 5) is 13.3. The molecule has 3 aromatic rings. The van der Waals surface area contributed by atoms with Crippen molar-refractivity contribution in [3.63, 3.8) is 0 Å². The molecule has 2 N–H and O–H groups in total. The summed E-state index contributed by atoms with van der Waals surface area (Å²) in [6.45, 7) is 3.03. The minimum atomic E-state index is -2.51. The van der Waals surface area contributed by atoms with Crippen molar-refractivity contribution in [2.45, 2.75) is 31.7 Å². The molecule has 2 aliphatic rings. The van der Waals surface area contributed by atoms with Gasteiger partial charge in [-0.25, -0.2) is 19.2 Å². The van der Waals surface area contributed by atoms with Gasteiger partial charge in [0.1, 0.15) is 29.7 Å². The Morgan fingerprint density at radius 3 is 2.88 bits per heavy atom. The van der Waals surface area contributed by atoms with Gasteiger partial charge in [0.15, 0.2) is 6.10 Å². The predicted molar refractivity (Wildman–Crippen MR) is 132 cm³/mol. The highest BCUT2D eigenvalue weighted by atomic mass is 32.2. The zero-order chi connectivity index (χ0) is 23.9. The molecule has 5 rings (SSSR count). The quantitative estimate of drug-likeness (QED) is 0.487. The van der Waals surface area contributed by atoms with E-state index in [2.05, 4.69) is 30.9 Å². The number of ether oxygens (including phenoxy) is 4. The van der Waals surface area contributed by atoms with Crippen LogP contribution in [0.25, 0.3) is 10.9 Å². The highest BCUT2D eigenvalue weighted by Crippen LogP contribution is 2.39. The molecule has 0 spiro atoms. The summed E-state index contributed by atoms with van der Waals surface area (Å²) >= 11 is 0. The fourth-order valence-corrected chi connectivity index (χ4v) is 5.06. The zero-order valence-corrected chi connectivity index (χ0v) is 20.1. The lowest BCUT2D eigenvalue weighted by Gasteiger charge is -2.20. The van der Waals surface area contributed by atoms with Crippen LogP contribution in [0.1, 0.15) is 12.0 Å². The van der Waals surface area contributed by atoms with Crippen LogP contribution < -0.4 is 19.5 Å². The van der Waals surface area contributed by atoms with Gasteiger partial charge in [0.25, 0.3) is 0 Å². The highest BCUT2D eigenvalue weighted by Gasteiger charge is 2.43. The van der Waals surface area contributed by atoms with E-state index in [0.717, 1.165) is 17.4 Å². The Labute approximate surface area is 198 Å². The second-order valence-corrected chi connectivity index (χ2v) is 10.7. The molecule has 4 atom stereocenters. The van der Waals surface area contributed by atoms with Gasteiger partial charge >= 0.3 is 0 Å². The average molecular weight is 486 g/mol. The number of pyridine rings is 1. The smallest absolute Gasteiger partial charge is 0.238 e. The summed E-state index contributed by atoms with van der Waals surface area (Å²) in [5, 5.41) is 4.10. The molecule has 2 saturated heterocycles. The SMILES string of the molecule is C=S(C)(=O)Nc1cc2ncnc(Nc3cccnc3OC3COC4CCOC43)c2c(C)c1OC. The lowest BCUT2D eigenvalue weighted by molar-refractivity contribution is 0.0293. The Balaban J connectivity index is 1.50. The number of nitrogens with zero attached hydrogens (tertiary/aromatic N) is 3. The third-order valence-electron chi connectivity index (χ3n) is 5.86. The number of fused-ring (bicyclic) bond motifs is 2. The van der Waals surface area contributed by atoms with Gasteiger partial charge in [-0.15, -0.1) is 0 Å². The molecule has 0 saturated carbocycles. The van der Waals surface area contributed by atoms with Gasteiger partial charge in [0, 0.05) is 39.7 Å². The van der Waals surface area contributed by atoms with Gasteiger partial charge in [-0.1, -0.05) is 0 Å². The molecule has 0 amide bonds. The number of benzene rings is 1. The number of anilines is 3. The summed E-state index contributed by atoms with van der Waals surface area (Å²) in [5.74, 6) is 5.21. The van der Waals surface area contributed by atoms with Crippen LogP contribution in [0.2, 0.25) is 0 Å². The van der Waals surface area contributed by atoms with Crippen LogP contribution in [0.5, 0.6) is 11.6 Å². The Bertz CT molecular complexity index is 1330. The normalized spacial score (nSPS) is 23.3. The van der Waals surface area contributed by atoms with E-state index in [1.165, 1.54) is 12.6 Å². The van der Waals surface area contributed by atoms with Gasteiger partial charge in [0.2, 0.25) is 5.88 Å². The van der Waals surface area contributed by atoms with Crippen molar-refractivity contribution in [3.05, 3.63) is 36.3 Å². The maximum atomic E-state index is 12.3. The van der Waals surface area contributed by atoms with E-state index >= 15 is 0 Å². The lowest BCUT2D eigenvalue weighted by Crippen LogP contribution is -2.32. The first-order valence-electron chi connectivity index (χ1n) is 10.9. The van der Waals surface area contributed by atoms with E-state index in [0.29, 0.717) is 47.6 Å². The second kappa shape index (κ2) is 8.90. The number of methoxy groups -OCH3 is 1. The first kappa shape index (κ1) is 22.6. The van der Waals surface area contributed by atoms with Crippen molar-refractivity contribution in [2.24, 2.45) is 0 Å². The van der Waals surface area contributed by atoms with Crippen molar-refractivity contribution >= 4 is 43.7 Å². The van der Waals surface area contributed by atoms with Gasteiger partial charge in [-0.2, -0.15) is 0 Å². The van der Waals surface area contributed by atoms with Crippen molar-refractivity contribution in [1.29, 1.82) is 0 Å². The molecule has 34 heavy (non-hydrogen) atoms. The van der Waals surface area contributed by atoms with E-state index in [-0.39, 0.29) is 18.3 Å². The number of hydrogen-bond acceptors (Lipinski definition) is 9. The molecule has 11 heteroatoms. The third-order valence-corrected chi connectivity index (χ3v) is 6.51. The van der Waals surface area contributed by atoms with Gasteiger partial charge in [0.05, 0.1) is 31.0 Å². The van der Waals surface area contributed by atoms with Gasteiger partial charge in [-0.05, 0) is 37.4 Å². The van der Waals surface area contributed by atoms with Gasteiger partial charge in [-0.3, -0.25) is 0 Å². The topological polar surface area (TPSA) is 117 Å². The van der Waals surface area contributed by atoms with Crippen LogP contribution in [0.4, 0.5) is 17.2 Å². The number of aromatic nitrogens is 3. The van der Waals surface area contributed by atoms with E-state index < -0.39 is 9.71 Å². The zero-order valence-electron chi connectivity index (χ0n) is 19.2. The Kier molecular flexibility index (Phi) is 5.92. The Hall–Kier alpha value is -3.15. The molecule has 2 aliphatic heterocycles. The minimum absolute atomic E-state index is 0.0741. The largest absolute Gasteiger partial charge is 0.494 e. The summed E-state index contributed by atoms with van der Waals surface area (Å²) in [7, 11) is -0.950. The van der Waals surface area contributed by atoms with Crippen LogP contribution in [0.3, 0.4) is 0 Å². The van der Waals surface area contributed by atoms with Crippen molar-refractivity contribution in [3.8, 4) is 11.6 Å². The van der Waals surface area contributed by atoms with E-state index in [4.69, 9.17) is 18.9 Å². The first-order chi connectivity index (χ1) is 16.3. The molecular weight excluding hydrogens is 458 g/mol. The number of hydrogen-bond donors (Lipinski definition) is 2. The number of nitrogens with one attached hydrogen (secondary N) is 2. The number of aryl methyl sites for hydroxylation is 1. The monoisotopic (exact) mass is 485 g/mol. The maximum Gasteiger partial charge on any atom is 0.238 e. The van der Waals surface area contributed by atoms with Crippen LogP contribution >= 0.6 is 0 Å². The maximum absolute atomic E-state index is 12.3. The van der Waals surface area contributed by atoms with Crippen LogP contribution in [-0.2, 0) is 19.2 Å². The molecule has 4 unspecified atom stereocenters. The fraction of sp³-hybridized carbons (Fsp3) is 0.391. The molecule has 1 aromatic carbocycles. The number of rotatable bonds is 7. The standard InChI is InChI=1S/C23H27N5O5S/c1-13-19-15(10-16(20(13)30-2)28-34(3,4)29)25-12-26-22(19)27-14-6-5-8-24-23(14)33-18-11-32-17-7-9-31-21(17)18/h5-6,8,10,12,17-18,21H,3,7,9,11H2,1-2,4H3,(H,28,29)(H,25,26,27). The van der Waals surface area contributed by atoms with Crippen molar-refractivity contribution < 1.29 is 23.2 Å². The molecule has 0 bridgehead atoms. The second-order valence-electron chi connectivity index (χ2n) is 8.44. The van der Waals surface area contributed by atoms with Crippen LogP contribution in [0, 0.1) is 6.92 Å². The van der Waals surface area contributed by atoms with E-state index in [1.807, 2.05) is 19.1 Å². The van der Waals surface area contributed by atoms with Crippen molar-refractivity contribution in [1.82, 2.24) is 15.0 Å². The summed E-state index contributed by atoms with van der Waals surface area (Å²) < 4.78 is 38.6. The average Bonchev–Trinajstić information content (AvgIpc) is 3.39. The Morgan fingerprint density at radius 1 is 1.24 bits per heavy atom. The van der Waals surface area contributed by atoms with E-state index in [9.17, 15) is 4.21 Å². The lowest BCUT2D eigenvalue weighted by atomic mass is 10.1. The highest BCUT2D eigenvalue weighted by molar-refractivity contribution is 8.00. The Morgan fingerprint density at radius 2 is 2.09 bits per heavy atom. The fourth-order valence-electron chi connectivity index (χ4n) is 4.44. The molecule has 180 valence electrons. The molecule has 2 fully saturated rings. The summed E-state index contributed by atoms with van der Waals surface area (Å²) in [5.41, 5.74) is 2.64. The first-order valence-corrected chi connectivity index (χ1v) is 13.0. The minimum Gasteiger partial charge on any atom is -0.494 e. The molecule has 4 heterocycles. The van der Waals surface area contributed by atoms with Crippen LogP contribution in [-0.4, -0.2) is 69.9 Å². The summed E-state index contributed by atoms with van der Waals surface area (Å²) in [6, 6.07) is 5.47. The molecule has 0 radical (unpaired) electrons. The molecule has 0 aliphatic carbocycles. The molecule has 2 aromatic heterocycles. The third kappa shape index (κ3) is 4.33. The predicted octanol–water partition coefficient (Wildman–Crippen LogP) is 2.69. The van der Waals surface area contributed by atoms with Crippen LogP contribution in [0.15, 0.2) is 30.7 Å². The van der Waals surface area contributed by atoms with Crippen molar-refractivity contribution in [2.75, 3.05) is 36.6 Å². The summed E-state index contributed by atoms with van der Waals surface area (Å²) in [6.07, 6.45) is 5.30. The molecule has 10 nitrogen and oxygen atoms in total.